The van der Waals surface area contributed by atoms with E-state index >= 15 is 0 Å². The molecule has 1 fully saturated rings. The second-order valence-electron chi connectivity index (χ2n) is 6.31. The minimum Gasteiger partial charge on any atom is -0.480 e. The summed E-state index contributed by atoms with van der Waals surface area (Å²) < 4.78 is 38.5. The van der Waals surface area contributed by atoms with Crippen LogP contribution in [0.1, 0.15) is 25.3 Å². The molecule has 7 nitrogen and oxygen atoms in total. The maximum Gasteiger partial charge on any atom is 0.323 e. The summed E-state index contributed by atoms with van der Waals surface area (Å²) in [6, 6.07) is 5.47. The number of carbonyl (C=O) groups is 2. The van der Waals surface area contributed by atoms with Crippen LogP contribution in [-0.4, -0.2) is 60.0 Å². The van der Waals surface area contributed by atoms with Gasteiger partial charge in [0.2, 0.25) is 15.9 Å². The van der Waals surface area contributed by atoms with Gasteiger partial charge in [-0.15, -0.1) is 0 Å². The smallest absolute Gasteiger partial charge is 0.323 e. The highest BCUT2D eigenvalue weighted by atomic mass is 32.2. The van der Waals surface area contributed by atoms with Crippen LogP contribution >= 0.6 is 0 Å². The lowest BCUT2D eigenvalue weighted by Crippen LogP contribution is -2.47. The van der Waals surface area contributed by atoms with Crippen LogP contribution in [0, 0.1) is 11.7 Å². The van der Waals surface area contributed by atoms with Gasteiger partial charge in [0.25, 0.3) is 0 Å². The molecular weight excluding hydrogens is 363 g/mol. The number of aliphatic carboxylic acids is 1. The van der Waals surface area contributed by atoms with Crippen molar-refractivity contribution in [3.05, 3.63) is 35.6 Å². The van der Waals surface area contributed by atoms with Crippen molar-refractivity contribution in [3.63, 3.8) is 0 Å². The molecule has 0 aromatic heterocycles. The summed E-state index contributed by atoms with van der Waals surface area (Å²) in [5.41, 5.74) is 0.606. The SMILES string of the molecule is CCS(=O)(=O)N1CCCC(C(=O)N(CC(=O)O)Cc2ccc(F)cc2)C1. The third-order valence-electron chi connectivity index (χ3n) is 4.42. The summed E-state index contributed by atoms with van der Waals surface area (Å²) in [5.74, 6) is -2.59. The van der Waals surface area contributed by atoms with Crippen molar-refractivity contribution in [2.24, 2.45) is 5.92 Å². The number of hydrogen-bond donors (Lipinski definition) is 1. The minimum absolute atomic E-state index is 0.0302. The zero-order valence-electron chi connectivity index (χ0n) is 14.6. The molecule has 1 aromatic carbocycles. The summed E-state index contributed by atoms with van der Waals surface area (Å²) >= 11 is 0. The third kappa shape index (κ3) is 5.25. The van der Waals surface area contributed by atoms with E-state index in [1.165, 1.54) is 33.5 Å². The predicted octanol–water partition coefficient (Wildman–Crippen LogP) is 1.30. The number of carbonyl (C=O) groups excluding carboxylic acids is 1. The first-order valence-electron chi connectivity index (χ1n) is 8.45. The average Bonchev–Trinajstić information content (AvgIpc) is 2.62. The van der Waals surface area contributed by atoms with Gasteiger partial charge in [-0.2, -0.15) is 0 Å². The number of amides is 1. The van der Waals surface area contributed by atoms with Crippen LogP contribution in [0.5, 0.6) is 0 Å². The molecule has 0 radical (unpaired) electrons. The first-order valence-corrected chi connectivity index (χ1v) is 10.1. The highest BCUT2D eigenvalue weighted by Gasteiger charge is 2.34. The number of nitrogens with zero attached hydrogens (tertiary/aromatic N) is 2. The zero-order chi connectivity index (χ0) is 19.3. The van der Waals surface area contributed by atoms with E-state index in [-0.39, 0.29) is 18.8 Å². The van der Waals surface area contributed by atoms with E-state index in [1.54, 1.807) is 6.92 Å². The second kappa shape index (κ2) is 8.59. The van der Waals surface area contributed by atoms with Crippen LogP contribution in [0.25, 0.3) is 0 Å². The fourth-order valence-corrected chi connectivity index (χ4v) is 4.20. The Balaban J connectivity index is 2.14. The van der Waals surface area contributed by atoms with Gasteiger partial charge in [-0.1, -0.05) is 12.1 Å². The maximum atomic E-state index is 13.0. The topological polar surface area (TPSA) is 95.0 Å². The molecular formula is C17H23FN2O5S. The molecule has 144 valence electrons. The first-order chi connectivity index (χ1) is 12.2. The molecule has 0 aliphatic carbocycles. The second-order valence-corrected chi connectivity index (χ2v) is 8.57. The fourth-order valence-electron chi connectivity index (χ4n) is 3.02. The van der Waals surface area contributed by atoms with Gasteiger partial charge in [-0.3, -0.25) is 9.59 Å². The molecule has 0 saturated carbocycles. The van der Waals surface area contributed by atoms with E-state index in [1.807, 2.05) is 0 Å². The van der Waals surface area contributed by atoms with Crippen molar-refractivity contribution in [1.82, 2.24) is 9.21 Å². The number of halogens is 1. The molecule has 1 heterocycles. The summed E-state index contributed by atoms with van der Waals surface area (Å²) in [4.78, 5) is 25.2. The number of benzene rings is 1. The summed E-state index contributed by atoms with van der Waals surface area (Å²) in [6.07, 6.45) is 1.06. The molecule has 0 spiro atoms. The Morgan fingerprint density at radius 2 is 1.96 bits per heavy atom. The first kappa shape index (κ1) is 20.3. The number of hydrogen-bond acceptors (Lipinski definition) is 4. The number of carboxylic acid groups (broad SMARTS) is 1. The van der Waals surface area contributed by atoms with Crippen molar-refractivity contribution >= 4 is 21.9 Å². The van der Waals surface area contributed by atoms with Crippen molar-refractivity contribution < 1.29 is 27.5 Å². The van der Waals surface area contributed by atoms with Gasteiger partial charge in [0.15, 0.2) is 0 Å². The van der Waals surface area contributed by atoms with Crippen molar-refractivity contribution in [1.29, 1.82) is 0 Å². The molecule has 1 aliphatic rings. The van der Waals surface area contributed by atoms with E-state index in [2.05, 4.69) is 0 Å². The van der Waals surface area contributed by atoms with Gasteiger partial charge in [0.05, 0.1) is 11.7 Å². The lowest BCUT2D eigenvalue weighted by atomic mass is 9.97. The predicted molar refractivity (Wildman–Crippen MR) is 93.2 cm³/mol. The summed E-state index contributed by atoms with van der Waals surface area (Å²) in [6.45, 7) is 1.52. The monoisotopic (exact) mass is 386 g/mol. The number of rotatable bonds is 7. The molecule has 1 atom stereocenters. The third-order valence-corrected chi connectivity index (χ3v) is 6.26. The van der Waals surface area contributed by atoms with Gasteiger partial charge in [-0.25, -0.2) is 17.1 Å². The van der Waals surface area contributed by atoms with E-state index in [9.17, 15) is 22.4 Å². The molecule has 26 heavy (non-hydrogen) atoms. The molecule has 1 amide bonds. The Labute approximate surface area is 152 Å². The Hall–Kier alpha value is -2.00. The van der Waals surface area contributed by atoms with Crippen molar-refractivity contribution in [3.8, 4) is 0 Å². The van der Waals surface area contributed by atoms with E-state index < -0.39 is 40.2 Å². The summed E-state index contributed by atoms with van der Waals surface area (Å²) in [7, 11) is -3.40. The van der Waals surface area contributed by atoms with E-state index in [0.29, 0.717) is 24.9 Å². The Morgan fingerprint density at radius 1 is 1.31 bits per heavy atom. The molecule has 1 saturated heterocycles. The highest BCUT2D eigenvalue weighted by molar-refractivity contribution is 7.89. The van der Waals surface area contributed by atoms with Crippen LogP contribution in [0.15, 0.2) is 24.3 Å². The molecule has 0 bridgehead atoms. The Morgan fingerprint density at radius 3 is 2.54 bits per heavy atom. The Kier molecular flexibility index (Phi) is 6.71. The molecule has 2 rings (SSSR count). The van der Waals surface area contributed by atoms with E-state index in [4.69, 9.17) is 5.11 Å². The van der Waals surface area contributed by atoms with Gasteiger partial charge >= 0.3 is 5.97 Å². The number of carboxylic acids is 1. The van der Waals surface area contributed by atoms with Gasteiger partial charge in [-0.05, 0) is 37.5 Å². The van der Waals surface area contributed by atoms with Crippen LogP contribution in [0.2, 0.25) is 0 Å². The number of piperidine rings is 1. The standard InChI is InChI=1S/C17H23FN2O5S/c1-2-26(24,25)20-9-3-4-14(11-20)17(23)19(12-16(21)22)10-13-5-7-15(18)8-6-13/h5-8,14H,2-4,9-12H2,1H3,(H,21,22). The van der Waals surface area contributed by atoms with Crippen molar-refractivity contribution in [2.75, 3.05) is 25.4 Å². The van der Waals surface area contributed by atoms with Crippen molar-refractivity contribution in [2.45, 2.75) is 26.3 Å². The maximum absolute atomic E-state index is 13.0. The largest absolute Gasteiger partial charge is 0.480 e. The molecule has 9 heteroatoms. The van der Waals surface area contributed by atoms with Crippen LogP contribution < -0.4 is 0 Å². The lowest BCUT2D eigenvalue weighted by molar-refractivity contribution is -0.147. The zero-order valence-corrected chi connectivity index (χ0v) is 15.4. The highest BCUT2D eigenvalue weighted by Crippen LogP contribution is 2.22. The van der Waals surface area contributed by atoms with E-state index in [0.717, 1.165) is 0 Å². The van der Waals surface area contributed by atoms with Crippen LogP contribution in [0.4, 0.5) is 4.39 Å². The Bertz CT molecular complexity index is 751. The normalized spacial score (nSPS) is 18.5. The molecule has 1 aliphatic heterocycles. The average molecular weight is 386 g/mol. The van der Waals surface area contributed by atoms with Crippen LogP contribution in [-0.2, 0) is 26.2 Å². The van der Waals surface area contributed by atoms with Crippen LogP contribution in [0.3, 0.4) is 0 Å². The van der Waals surface area contributed by atoms with Gasteiger partial charge < -0.3 is 10.0 Å². The lowest BCUT2D eigenvalue weighted by Gasteiger charge is -2.33. The fraction of sp³-hybridized carbons (Fsp3) is 0.529. The number of sulfonamides is 1. The van der Waals surface area contributed by atoms with Gasteiger partial charge in [0, 0.05) is 19.6 Å². The molecule has 1 aromatic rings. The molecule has 1 unspecified atom stereocenters. The van der Waals surface area contributed by atoms with Gasteiger partial charge in [0.1, 0.15) is 12.4 Å². The molecule has 1 N–H and O–H groups in total. The quantitative estimate of drug-likeness (QED) is 0.762. The minimum atomic E-state index is -3.40. The summed E-state index contributed by atoms with van der Waals surface area (Å²) in [5, 5.41) is 9.11.